The fraction of sp³-hybridized carbons (Fsp3) is 0.429. The number of hydrogen-bond donors (Lipinski definition) is 2. The second kappa shape index (κ2) is 3.25. The summed E-state index contributed by atoms with van der Waals surface area (Å²) in [6, 6.07) is -0.319. The highest BCUT2D eigenvalue weighted by Crippen LogP contribution is 2.16. The third-order valence-corrected chi connectivity index (χ3v) is 1.80. The van der Waals surface area contributed by atoms with Gasteiger partial charge in [0.25, 0.3) is 0 Å². The van der Waals surface area contributed by atoms with Crippen molar-refractivity contribution in [2.75, 3.05) is 6.54 Å². The fourth-order valence-electron chi connectivity index (χ4n) is 1.05. The molecule has 1 unspecified atom stereocenters. The van der Waals surface area contributed by atoms with E-state index in [1.54, 1.807) is 4.90 Å². The van der Waals surface area contributed by atoms with E-state index in [1.807, 2.05) is 0 Å². The summed E-state index contributed by atoms with van der Waals surface area (Å²) in [6.45, 7) is 0.692. The van der Waals surface area contributed by atoms with Gasteiger partial charge in [0.15, 0.2) is 0 Å². The van der Waals surface area contributed by atoms with Crippen molar-refractivity contribution in [1.82, 2.24) is 4.90 Å². The monoisotopic (exact) mass is 170 g/mol. The van der Waals surface area contributed by atoms with Crippen LogP contribution in [-0.4, -0.2) is 34.5 Å². The van der Waals surface area contributed by atoms with Crippen LogP contribution in [0.1, 0.15) is 6.42 Å². The summed E-state index contributed by atoms with van der Waals surface area (Å²) < 4.78 is 0. The van der Waals surface area contributed by atoms with Crippen molar-refractivity contribution in [3.05, 3.63) is 12.3 Å². The molecule has 1 fully saturated rings. The second-order valence-corrected chi connectivity index (χ2v) is 2.60. The van der Waals surface area contributed by atoms with Crippen molar-refractivity contribution in [3.63, 3.8) is 0 Å². The van der Waals surface area contributed by atoms with Crippen LogP contribution in [0.3, 0.4) is 0 Å². The number of amides is 1. The number of carboxylic acids is 1. The lowest BCUT2D eigenvalue weighted by Gasteiger charge is -2.37. The second-order valence-electron chi connectivity index (χ2n) is 2.60. The molecule has 0 saturated carbocycles. The Kier molecular flexibility index (Phi) is 2.32. The van der Waals surface area contributed by atoms with E-state index in [2.05, 4.69) is 0 Å². The number of likely N-dealkylation sites (tertiary alicyclic amines) is 1. The van der Waals surface area contributed by atoms with Gasteiger partial charge in [-0.2, -0.15) is 0 Å². The lowest BCUT2D eigenvalue weighted by atomic mass is 10.0. The van der Waals surface area contributed by atoms with Gasteiger partial charge in [0.05, 0.1) is 0 Å². The smallest absolute Gasteiger partial charge is 0.329 e. The van der Waals surface area contributed by atoms with E-state index in [4.69, 9.17) is 10.8 Å². The van der Waals surface area contributed by atoms with Gasteiger partial charge in [-0.1, -0.05) is 0 Å². The lowest BCUT2D eigenvalue weighted by molar-refractivity contribution is -0.132. The van der Waals surface area contributed by atoms with Crippen LogP contribution < -0.4 is 5.73 Å². The van der Waals surface area contributed by atoms with E-state index in [1.165, 1.54) is 6.20 Å². The van der Waals surface area contributed by atoms with Gasteiger partial charge in [0.1, 0.15) is 6.04 Å². The zero-order valence-electron chi connectivity index (χ0n) is 6.43. The number of carboxylic acid groups (broad SMARTS) is 1. The SMILES string of the molecule is NC(=O)C1CCN1/C=C/C(=O)O. The zero-order chi connectivity index (χ0) is 9.14. The first kappa shape index (κ1) is 8.58. The lowest BCUT2D eigenvalue weighted by Crippen LogP contribution is -2.51. The third-order valence-electron chi connectivity index (χ3n) is 1.80. The molecule has 0 aliphatic carbocycles. The third kappa shape index (κ3) is 1.75. The van der Waals surface area contributed by atoms with Gasteiger partial charge in [-0.05, 0) is 6.42 Å². The Labute approximate surface area is 69.5 Å². The maximum absolute atomic E-state index is 10.6. The molecule has 3 N–H and O–H groups in total. The summed E-state index contributed by atoms with van der Waals surface area (Å²) in [4.78, 5) is 22.3. The van der Waals surface area contributed by atoms with Crippen molar-refractivity contribution in [2.45, 2.75) is 12.5 Å². The average molecular weight is 170 g/mol. The highest BCUT2D eigenvalue weighted by atomic mass is 16.4. The minimum atomic E-state index is -1.02. The fourth-order valence-corrected chi connectivity index (χ4v) is 1.05. The molecule has 0 aromatic heterocycles. The highest BCUT2D eigenvalue weighted by Gasteiger charge is 2.29. The van der Waals surface area contributed by atoms with Crippen molar-refractivity contribution in [1.29, 1.82) is 0 Å². The maximum atomic E-state index is 10.6. The normalized spacial score (nSPS) is 22.3. The van der Waals surface area contributed by atoms with Crippen LogP contribution in [0.25, 0.3) is 0 Å². The van der Waals surface area contributed by atoms with E-state index >= 15 is 0 Å². The molecule has 0 spiro atoms. The largest absolute Gasteiger partial charge is 0.478 e. The summed E-state index contributed by atoms with van der Waals surface area (Å²) in [5.74, 6) is -1.43. The molecule has 1 heterocycles. The molecule has 1 rings (SSSR count). The molecule has 66 valence electrons. The number of nitrogens with two attached hydrogens (primary N) is 1. The minimum absolute atomic E-state index is 0.319. The molecule has 12 heavy (non-hydrogen) atoms. The predicted octanol–water partition coefficient (Wildman–Crippen LogP) is -0.856. The van der Waals surface area contributed by atoms with Crippen LogP contribution in [0.4, 0.5) is 0 Å². The highest BCUT2D eigenvalue weighted by molar-refractivity contribution is 5.82. The van der Waals surface area contributed by atoms with Gasteiger partial charge in [-0.15, -0.1) is 0 Å². The number of nitrogens with zero attached hydrogens (tertiary/aromatic N) is 1. The van der Waals surface area contributed by atoms with Crippen molar-refractivity contribution < 1.29 is 14.7 Å². The number of aliphatic carboxylic acids is 1. The summed E-state index contributed by atoms with van der Waals surface area (Å²) >= 11 is 0. The van der Waals surface area contributed by atoms with E-state index in [9.17, 15) is 9.59 Å². The number of rotatable bonds is 3. The molecule has 0 aromatic carbocycles. The predicted molar refractivity (Wildman–Crippen MR) is 41.1 cm³/mol. The molecule has 0 radical (unpaired) electrons. The minimum Gasteiger partial charge on any atom is -0.478 e. The Morgan fingerprint density at radius 1 is 1.58 bits per heavy atom. The van der Waals surface area contributed by atoms with Crippen LogP contribution in [0, 0.1) is 0 Å². The standard InChI is InChI=1S/C7H10N2O3/c8-7(12)5-1-3-9(5)4-2-6(10)11/h2,4-5H,1,3H2,(H2,8,12)(H,10,11)/b4-2+. The molecule has 1 saturated heterocycles. The molecule has 1 aliphatic rings. The van der Waals surface area contributed by atoms with Gasteiger partial charge in [-0.25, -0.2) is 4.79 Å². The first-order chi connectivity index (χ1) is 5.61. The number of carbonyl (C=O) groups excluding carboxylic acids is 1. The van der Waals surface area contributed by atoms with Crippen LogP contribution in [0.5, 0.6) is 0 Å². The molecule has 1 amide bonds. The first-order valence-electron chi connectivity index (χ1n) is 3.57. The Morgan fingerprint density at radius 2 is 2.25 bits per heavy atom. The molecule has 5 nitrogen and oxygen atoms in total. The molecule has 1 aliphatic heterocycles. The van der Waals surface area contributed by atoms with Gasteiger partial charge < -0.3 is 15.7 Å². The van der Waals surface area contributed by atoms with Gasteiger partial charge >= 0.3 is 5.97 Å². The Morgan fingerprint density at radius 3 is 2.58 bits per heavy atom. The van der Waals surface area contributed by atoms with E-state index in [-0.39, 0.29) is 6.04 Å². The van der Waals surface area contributed by atoms with Crippen molar-refractivity contribution >= 4 is 11.9 Å². The van der Waals surface area contributed by atoms with Gasteiger partial charge in [0, 0.05) is 18.8 Å². The summed E-state index contributed by atoms with van der Waals surface area (Å²) in [5.41, 5.74) is 5.03. The van der Waals surface area contributed by atoms with Crippen LogP contribution in [-0.2, 0) is 9.59 Å². The molecule has 0 aromatic rings. The molecule has 1 atom stereocenters. The van der Waals surface area contributed by atoms with Crippen LogP contribution >= 0.6 is 0 Å². The topological polar surface area (TPSA) is 83.6 Å². The van der Waals surface area contributed by atoms with Crippen molar-refractivity contribution in [2.24, 2.45) is 5.73 Å². The quantitative estimate of drug-likeness (QED) is 0.540. The Hall–Kier alpha value is -1.52. The first-order valence-corrected chi connectivity index (χ1v) is 3.57. The number of primary amides is 1. The van der Waals surface area contributed by atoms with E-state index < -0.39 is 11.9 Å². The average Bonchev–Trinajstić information content (AvgIpc) is 1.82. The van der Waals surface area contributed by atoms with Crippen molar-refractivity contribution in [3.8, 4) is 0 Å². The number of carbonyl (C=O) groups is 2. The van der Waals surface area contributed by atoms with E-state index in [0.717, 1.165) is 6.08 Å². The maximum Gasteiger partial charge on any atom is 0.329 e. The molecule has 5 heteroatoms. The molecular weight excluding hydrogens is 160 g/mol. The summed E-state index contributed by atoms with van der Waals surface area (Å²) in [6.07, 6.45) is 3.08. The summed E-state index contributed by atoms with van der Waals surface area (Å²) in [7, 11) is 0. The van der Waals surface area contributed by atoms with Crippen LogP contribution in [0.2, 0.25) is 0 Å². The molecular formula is C7H10N2O3. The molecule has 0 bridgehead atoms. The summed E-state index contributed by atoms with van der Waals surface area (Å²) in [5, 5.41) is 8.28. The Bertz CT molecular complexity index is 237. The van der Waals surface area contributed by atoms with Gasteiger partial charge in [-0.3, -0.25) is 4.79 Å². The zero-order valence-corrected chi connectivity index (χ0v) is 6.43. The Balaban J connectivity index is 2.45. The van der Waals surface area contributed by atoms with Gasteiger partial charge in [0.2, 0.25) is 5.91 Å². The van der Waals surface area contributed by atoms with Crippen LogP contribution in [0.15, 0.2) is 12.3 Å². The number of hydrogen-bond acceptors (Lipinski definition) is 3. The van der Waals surface area contributed by atoms with E-state index in [0.29, 0.717) is 13.0 Å².